The second kappa shape index (κ2) is 10.2. The van der Waals surface area contributed by atoms with Gasteiger partial charge in [0.2, 0.25) is 0 Å². The monoisotopic (exact) mass is 403 g/mol. The van der Waals surface area contributed by atoms with E-state index in [9.17, 15) is 4.79 Å². The summed E-state index contributed by atoms with van der Waals surface area (Å²) in [5.74, 6) is 1.36. The molecule has 0 spiro atoms. The first kappa shape index (κ1) is 21.0. The molecule has 1 aliphatic rings. The van der Waals surface area contributed by atoms with Crippen LogP contribution >= 0.6 is 0 Å². The lowest BCUT2D eigenvalue weighted by molar-refractivity contribution is 0.137. The number of aromatic nitrogens is 2. The molecule has 1 saturated heterocycles. The third-order valence-corrected chi connectivity index (χ3v) is 4.87. The van der Waals surface area contributed by atoms with Crippen LogP contribution in [-0.2, 0) is 16.0 Å². The lowest BCUT2D eigenvalue weighted by Crippen LogP contribution is -2.33. The van der Waals surface area contributed by atoms with Crippen LogP contribution in [0.3, 0.4) is 0 Å². The van der Waals surface area contributed by atoms with Gasteiger partial charge in [-0.2, -0.15) is 5.10 Å². The van der Waals surface area contributed by atoms with Crippen LogP contribution in [0.25, 0.3) is 11.3 Å². The highest BCUT2D eigenvalue weighted by molar-refractivity contribution is 5.67. The summed E-state index contributed by atoms with van der Waals surface area (Å²) in [6.45, 7) is 5.93. The molecule has 1 aromatic heterocycles. The first-order valence-corrected chi connectivity index (χ1v) is 9.98. The van der Waals surface area contributed by atoms with Crippen molar-refractivity contribution < 1.29 is 23.7 Å². The van der Waals surface area contributed by atoms with Crippen molar-refractivity contribution in [2.24, 2.45) is 0 Å². The topological polar surface area (TPSA) is 83.8 Å². The molecule has 0 aliphatic carbocycles. The molecule has 8 nitrogen and oxygen atoms in total. The van der Waals surface area contributed by atoms with Gasteiger partial charge in [0.25, 0.3) is 0 Å². The van der Waals surface area contributed by atoms with Gasteiger partial charge >= 0.3 is 6.09 Å². The zero-order valence-corrected chi connectivity index (χ0v) is 17.2. The third kappa shape index (κ3) is 5.63. The number of nitrogens with one attached hydrogen (secondary N) is 1. The number of carbonyl (C=O) groups is 1. The van der Waals surface area contributed by atoms with E-state index >= 15 is 0 Å². The van der Waals surface area contributed by atoms with Crippen LogP contribution in [0.1, 0.15) is 26.7 Å². The maximum Gasteiger partial charge on any atom is 0.407 e. The van der Waals surface area contributed by atoms with E-state index in [0.717, 1.165) is 24.1 Å². The maximum atomic E-state index is 11.8. The van der Waals surface area contributed by atoms with E-state index in [0.29, 0.717) is 31.3 Å². The predicted octanol–water partition coefficient (Wildman–Crippen LogP) is 3.25. The number of methoxy groups -OCH3 is 1. The standard InChI is InChI=1S/C21H29N3O5/c1-4-15(2)23-21(25)28-12-10-24-18(7-9-22-24)16-5-6-19(26-3)20(13-16)29-17-8-11-27-14-17/h5-7,9,13,15,17H,4,8,10-12,14H2,1-3H3,(H,23,25). The Kier molecular flexibility index (Phi) is 7.35. The summed E-state index contributed by atoms with van der Waals surface area (Å²) >= 11 is 0. The molecule has 29 heavy (non-hydrogen) atoms. The fourth-order valence-corrected chi connectivity index (χ4v) is 3.04. The normalized spacial score (nSPS) is 17.0. The molecular weight excluding hydrogens is 374 g/mol. The molecule has 2 aromatic rings. The molecule has 2 atom stereocenters. The lowest BCUT2D eigenvalue weighted by Gasteiger charge is -2.16. The number of carbonyl (C=O) groups excluding carboxylic acids is 1. The van der Waals surface area contributed by atoms with E-state index in [1.165, 1.54) is 0 Å². The van der Waals surface area contributed by atoms with Crippen molar-refractivity contribution in [2.75, 3.05) is 26.9 Å². The van der Waals surface area contributed by atoms with Gasteiger partial charge in [-0.1, -0.05) is 6.92 Å². The fourth-order valence-electron chi connectivity index (χ4n) is 3.04. The Bertz CT molecular complexity index is 801. The predicted molar refractivity (Wildman–Crippen MR) is 108 cm³/mol. The molecular formula is C21H29N3O5. The summed E-state index contributed by atoms with van der Waals surface area (Å²) in [4.78, 5) is 11.8. The summed E-state index contributed by atoms with van der Waals surface area (Å²) in [6, 6.07) is 7.80. The van der Waals surface area contributed by atoms with E-state index < -0.39 is 6.09 Å². The highest BCUT2D eigenvalue weighted by atomic mass is 16.6. The Balaban J connectivity index is 1.66. The van der Waals surface area contributed by atoms with Crippen LogP contribution in [0.5, 0.6) is 11.5 Å². The Morgan fingerprint density at radius 2 is 2.24 bits per heavy atom. The second-order valence-electron chi connectivity index (χ2n) is 7.00. The molecule has 1 N–H and O–H groups in total. The SMILES string of the molecule is CCC(C)NC(=O)OCCn1nccc1-c1ccc(OC)c(OC2CCOC2)c1. The summed E-state index contributed by atoms with van der Waals surface area (Å²) in [6.07, 6.45) is 3.06. The van der Waals surface area contributed by atoms with Gasteiger partial charge in [-0.25, -0.2) is 4.79 Å². The van der Waals surface area contributed by atoms with Gasteiger partial charge < -0.3 is 24.3 Å². The Morgan fingerprint density at radius 3 is 2.97 bits per heavy atom. The van der Waals surface area contributed by atoms with Crippen molar-refractivity contribution in [1.82, 2.24) is 15.1 Å². The van der Waals surface area contributed by atoms with E-state index in [2.05, 4.69) is 10.4 Å². The largest absolute Gasteiger partial charge is 0.493 e. The smallest absolute Gasteiger partial charge is 0.407 e. The molecule has 158 valence electrons. The second-order valence-corrected chi connectivity index (χ2v) is 7.00. The van der Waals surface area contributed by atoms with Gasteiger partial charge in [0.1, 0.15) is 12.7 Å². The molecule has 1 aromatic carbocycles. The van der Waals surface area contributed by atoms with E-state index in [-0.39, 0.29) is 18.8 Å². The average Bonchev–Trinajstić information content (AvgIpc) is 3.40. The Morgan fingerprint density at radius 1 is 1.38 bits per heavy atom. The summed E-state index contributed by atoms with van der Waals surface area (Å²) < 4.78 is 24.0. The van der Waals surface area contributed by atoms with Crippen molar-refractivity contribution in [3.63, 3.8) is 0 Å². The van der Waals surface area contributed by atoms with Crippen molar-refractivity contribution in [1.29, 1.82) is 0 Å². The summed E-state index contributed by atoms with van der Waals surface area (Å²) in [5.41, 5.74) is 1.85. The molecule has 1 amide bonds. The minimum atomic E-state index is -0.410. The molecule has 0 saturated carbocycles. The number of ether oxygens (including phenoxy) is 4. The Hall–Kier alpha value is -2.74. The number of alkyl carbamates (subject to hydrolysis) is 1. The third-order valence-electron chi connectivity index (χ3n) is 4.87. The number of nitrogens with zero attached hydrogens (tertiary/aromatic N) is 2. The quantitative estimate of drug-likeness (QED) is 0.692. The summed E-state index contributed by atoms with van der Waals surface area (Å²) in [5, 5.41) is 7.13. The van der Waals surface area contributed by atoms with Crippen LogP contribution in [0, 0.1) is 0 Å². The number of hydrogen-bond donors (Lipinski definition) is 1. The number of benzene rings is 1. The van der Waals surface area contributed by atoms with Gasteiger partial charge in [0.05, 0.1) is 32.6 Å². The van der Waals surface area contributed by atoms with Gasteiger partial charge in [-0.05, 0) is 37.6 Å². The molecule has 1 fully saturated rings. The van der Waals surface area contributed by atoms with Gasteiger partial charge in [-0.3, -0.25) is 4.68 Å². The zero-order chi connectivity index (χ0) is 20.6. The molecule has 2 unspecified atom stereocenters. The van der Waals surface area contributed by atoms with Crippen molar-refractivity contribution in [3.05, 3.63) is 30.5 Å². The van der Waals surface area contributed by atoms with Crippen molar-refractivity contribution >= 4 is 6.09 Å². The van der Waals surface area contributed by atoms with Crippen LogP contribution in [-0.4, -0.2) is 54.9 Å². The highest BCUT2D eigenvalue weighted by Crippen LogP contribution is 2.34. The Labute approximate surface area is 171 Å². The first-order valence-electron chi connectivity index (χ1n) is 9.98. The van der Waals surface area contributed by atoms with E-state index in [1.54, 1.807) is 18.0 Å². The number of amides is 1. The van der Waals surface area contributed by atoms with Crippen LogP contribution < -0.4 is 14.8 Å². The zero-order valence-electron chi connectivity index (χ0n) is 17.2. The molecule has 0 radical (unpaired) electrons. The van der Waals surface area contributed by atoms with Crippen LogP contribution in [0.4, 0.5) is 4.79 Å². The van der Waals surface area contributed by atoms with Crippen LogP contribution in [0.2, 0.25) is 0 Å². The van der Waals surface area contributed by atoms with E-state index in [1.807, 2.05) is 38.1 Å². The van der Waals surface area contributed by atoms with Gasteiger partial charge in [0, 0.05) is 24.2 Å². The minimum absolute atomic E-state index is 0.0292. The fraction of sp³-hybridized carbons (Fsp3) is 0.524. The average molecular weight is 403 g/mol. The summed E-state index contributed by atoms with van der Waals surface area (Å²) in [7, 11) is 1.62. The van der Waals surface area contributed by atoms with Gasteiger partial charge in [0.15, 0.2) is 11.5 Å². The first-order chi connectivity index (χ1) is 14.1. The maximum absolute atomic E-state index is 11.8. The molecule has 1 aliphatic heterocycles. The van der Waals surface area contributed by atoms with Crippen molar-refractivity contribution in [3.8, 4) is 22.8 Å². The van der Waals surface area contributed by atoms with Gasteiger partial charge in [-0.15, -0.1) is 0 Å². The van der Waals surface area contributed by atoms with Crippen molar-refractivity contribution in [2.45, 2.75) is 45.4 Å². The van der Waals surface area contributed by atoms with E-state index in [4.69, 9.17) is 18.9 Å². The molecule has 2 heterocycles. The lowest BCUT2D eigenvalue weighted by atomic mass is 10.1. The van der Waals surface area contributed by atoms with Crippen LogP contribution in [0.15, 0.2) is 30.5 Å². The molecule has 3 rings (SSSR count). The minimum Gasteiger partial charge on any atom is -0.493 e. The highest BCUT2D eigenvalue weighted by Gasteiger charge is 2.20. The molecule has 8 heteroatoms. The number of hydrogen-bond acceptors (Lipinski definition) is 6. The molecule has 0 bridgehead atoms. The number of rotatable bonds is 9.